The first kappa shape index (κ1) is 11.7. The number of thiophene rings is 1. The van der Waals surface area contributed by atoms with Gasteiger partial charge in [0.05, 0.1) is 14.2 Å². The number of carbonyl (C=O) groups is 1. The molecule has 0 radical (unpaired) electrons. The Hall–Kier alpha value is -1.82. The number of ether oxygens (including phenoxy) is 2. The highest BCUT2D eigenvalue weighted by Crippen LogP contribution is 2.39. The Labute approximate surface area is 100 Å². The van der Waals surface area contributed by atoms with Gasteiger partial charge in [0.25, 0.3) is 0 Å². The summed E-state index contributed by atoms with van der Waals surface area (Å²) < 4.78 is 24.4. The predicted octanol–water partition coefficient (Wildman–Crippen LogP) is 2.76. The summed E-state index contributed by atoms with van der Waals surface area (Å²) in [6.45, 7) is 0. The predicted molar refractivity (Wildman–Crippen MR) is 61.8 cm³/mol. The third kappa shape index (κ3) is 1.80. The summed E-state index contributed by atoms with van der Waals surface area (Å²) in [6.07, 6.45) is 0. The molecular weight excluding hydrogens is 247 g/mol. The summed E-state index contributed by atoms with van der Waals surface area (Å²) in [7, 11) is 2.73. The maximum Gasteiger partial charge on any atom is 0.345 e. The fourth-order valence-electron chi connectivity index (χ4n) is 1.55. The van der Waals surface area contributed by atoms with Crippen molar-refractivity contribution < 1.29 is 23.8 Å². The van der Waals surface area contributed by atoms with Crippen LogP contribution in [-0.2, 0) is 0 Å². The number of benzene rings is 1. The van der Waals surface area contributed by atoms with Crippen LogP contribution in [0.3, 0.4) is 0 Å². The van der Waals surface area contributed by atoms with Gasteiger partial charge >= 0.3 is 5.97 Å². The fraction of sp³-hybridized carbons (Fsp3) is 0.182. The fourth-order valence-corrected chi connectivity index (χ4v) is 2.47. The van der Waals surface area contributed by atoms with Gasteiger partial charge in [0, 0.05) is 16.2 Å². The Bertz CT molecular complexity index is 591. The maximum absolute atomic E-state index is 14.0. The van der Waals surface area contributed by atoms with Crippen LogP contribution in [0.25, 0.3) is 10.1 Å². The molecule has 1 N–H and O–H groups in total. The van der Waals surface area contributed by atoms with Gasteiger partial charge in [-0.25, -0.2) is 9.18 Å². The molecule has 0 atom stereocenters. The van der Waals surface area contributed by atoms with Crippen molar-refractivity contribution >= 4 is 27.4 Å². The number of hydrogen-bond donors (Lipinski definition) is 1. The van der Waals surface area contributed by atoms with Crippen LogP contribution in [-0.4, -0.2) is 25.3 Å². The third-order valence-electron chi connectivity index (χ3n) is 2.32. The average molecular weight is 256 g/mol. The number of carboxylic acid groups (broad SMARTS) is 1. The topological polar surface area (TPSA) is 55.8 Å². The normalized spacial score (nSPS) is 10.5. The Kier molecular flexibility index (Phi) is 2.89. The lowest BCUT2D eigenvalue weighted by molar-refractivity contribution is 0.0702. The molecule has 0 unspecified atom stereocenters. The van der Waals surface area contributed by atoms with Crippen LogP contribution >= 0.6 is 11.3 Å². The van der Waals surface area contributed by atoms with Gasteiger partial charge in [-0.2, -0.15) is 0 Å². The summed E-state index contributed by atoms with van der Waals surface area (Å²) in [6, 6.07) is 2.86. The number of methoxy groups -OCH3 is 2. The molecule has 6 heteroatoms. The van der Waals surface area contributed by atoms with E-state index in [1.165, 1.54) is 20.3 Å². The van der Waals surface area contributed by atoms with E-state index in [4.69, 9.17) is 14.6 Å². The molecule has 2 rings (SSSR count). The monoisotopic (exact) mass is 256 g/mol. The van der Waals surface area contributed by atoms with E-state index in [1.807, 2.05) is 0 Å². The number of halogens is 1. The van der Waals surface area contributed by atoms with Crippen LogP contribution in [0.5, 0.6) is 11.5 Å². The van der Waals surface area contributed by atoms with Crippen molar-refractivity contribution in [3.05, 3.63) is 22.8 Å². The maximum atomic E-state index is 14.0. The van der Waals surface area contributed by atoms with E-state index in [9.17, 15) is 9.18 Å². The minimum atomic E-state index is -1.08. The molecule has 90 valence electrons. The molecule has 0 aliphatic carbocycles. The van der Waals surface area contributed by atoms with Crippen LogP contribution in [0.15, 0.2) is 12.1 Å². The summed E-state index contributed by atoms with van der Waals surface area (Å²) in [5.74, 6) is -1.46. The zero-order valence-corrected chi connectivity index (χ0v) is 9.93. The first-order valence-corrected chi connectivity index (χ1v) is 5.47. The first-order valence-electron chi connectivity index (χ1n) is 4.65. The molecule has 1 aromatic heterocycles. The van der Waals surface area contributed by atoms with E-state index in [1.54, 1.807) is 6.07 Å². The zero-order chi connectivity index (χ0) is 12.6. The lowest BCUT2D eigenvalue weighted by Gasteiger charge is -2.08. The number of carboxylic acids is 1. The Morgan fingerprint density at radius 3 is 2.59 bits per heavy atom. The van der Waals surface area contributed by atoms with Crippen molar-refractivity contribution in [1.82, 2.24) is 0 Å². The standard InChI is InChI=1S/C11H9FO4S/c1-15-6-4-7-5(9(12)10(6)16-2)3-8(17-7)11(13)14/h3-4H,1-2H3,(H,13,14). The van der Waals surface area contributed by atoms with Gasteiger partial charge in [-0.1, -0.05) is 0 Å². The zero-order valence-electron chi connectivity index (χ0n) is 9.11. The summed E-state index contributed by atoms with van der Waals surface area (Å²) in [4.78, 5) is 10.9. The van der Waals surface area contributed by atoms with E-state index < -0.39 is 11.8 Å². The number of aromatic carboxylic acids is 1. The summed E-state index contributed by atoms with van der Waals surface area (Å²) in [5, 5.41) is 9.08. The summed E-state index contributed by atoms with van der Waals surface area (Å²) in [5.41, 5.74) is 0. The van der Waals surface area contributed by atoms with E-state index in [2.05, 4.69) is 0 Å². The minimum absolute atomic E-state index is 0.0188. The largest absolute Gasteiger partial charge is 0.493 e. The van der Waals surface area contributed by atoms with Crippen LogP contribution in [0, 0.1) is 5.82 Å². The first-order chi connectivity index (χ1) is 8.08. The van der Waals surface area contributed by atoms with Gasteiger partial charge in [-0.05, 0) is 6.07 Å². The Morgan fingerprint density at radius 1 is 1.35 bits per heavy atom. The van der Waals surface area contributed by atoms with Crippen molar-refractivity contribution in [1.29, 1.82) is 0 Å². The van der Waals surface area contributed by atoms with E-state index in [0.29, 0.717) is 4.70 Å². The molecule has 0 saturated heterocycles. The second kappa shape index (κ2) is 4.21. The van der Waals surface area contributed by atoms with Crippen LogP contribution in [0.1, 0.15) is 9.67 Å². The van der Waals surface area contributed by atoms with Gasteiger partial charge in [0.2, 0.25) is 0 Å². The quantitative estimate of drug-likeness (QED) is 0.917. The molecule has 0 bridgehead atoms. The highest BCUT2D eigenvalue weighted by molar-refractivity contribution is 7.20. The van der Waals surface area contributed by atoms with Crippen LogP contribution in [0.4, 0.5) is 4.39 Å². The molecule has 0 spiro atoms. The molecule has 2 aromatic rings. The van der Waals surface area contributed by atoms with Crippen LogP contribution in [0.2, 0.25) is 0 Å². The highest BCUT2D eigenvalue weighted by Gasteiger charge is 2.18. The van der Waals surface area contributed by atoms with Crippen LogP contribution < -0.4 is 9.47 Å². The molecule has 1 aromatic carbocycles. The van der Waals surface area contributed by atoms with E-state index in [-0.39, 0.29) is 21.8 Å². The lowest BCUT2D eigenvalue weighted by Crippen LogP contribution is -1.93. The molecule has 0 aliphatic heterocycles. The molecule has 0 fully saturated rings. The van der Waals surface area contributed by atoms with Crippen molar-refractivity contribution in [3.63, 3.8) is 0 Å². The van der Waals surface area contributed by atoms with Gasteiger partial charge in [0.1, 0.15) is 4.88 Å². The molecular formula is C11H9FO4S. The SMILES string of the molecule is COc1cc2sc(C(=O)O)cc2c(F)c1OC. The third-order valence-corrected chi connectivity index (χ3v) is 3.39. The van der Waals surface area contributed by atoms with Crippen molar-refractivity contribution in [3.8, 4) is 11.5 Å². The average Bonchev–Trinajstić information content (AvgIpc) is 2.73. The van der Waals surface area contributed by atoms with Crippen molar-refractivity contribution in [2.45, 2.75) is 0 Å². The summed E-state index contributed by atoms with van der Waals surface area (Å²) >= 11 is 0.993. The minimum Gasteiger partial charge on any atom is -0.493 e. The van der Waals surface area contributed by atoms with Gasteiger partial charge in [-0.15, -0.1) is 11.3 Å². The van der Waals surface area contributed by atoms with E-state index >= 15 is 0 Å². The molecule has 1 heterocycles. The van der Waals surface area contributed by atoms with Gasteiger partial charge in [-0.3, -0.25) is 0 Å². The molecule has 0 aliphatic rings. The second-order valence-corrected chi connectivity index (χ2v) is 4.34. The molecule has 4 nitrogen and oxygen atoms in total. The van der Waals surface area contributed by atoms with Crippen molar-refractivity contribution in [2.75, 3.05) is 14.2 Å². The Balaban J connectivity index is 2.76. The Morgan fingerprint density at radius 2 is 2.06 bits per heavy atom. The van der Waals surface area contributed by atoms with Crippen molar-refractivity contribution in [2.24, 2.45) is 0 Å². The highest BCUT2D eigenvalue weighted by atomic mass is 32.1. The number of rotatable bonds is 3. The number of fused-ring (bicyclic) bond motifs is 1. The molecule has 17 heavy (non-hydrogen) atoms. The number of hydrogen-bond acceptors (Lipinski definition) is 4. The molecule has 0 amide bonds. The van der Waals surface area contributed by atoms with Gasteiger partial charge < -0.3 is 14.6 Å². The van der Waals surface area contributed by atoms with E-state index in [0.717, 1.165) is 11.3 Å². The molecule has 0 saturated carbocycles. The lowest BCUT2D eigenvalue weighted by atomic mass is 10.2. The van der Waals surface area contributed by atoms with Gasteiger partial charge in [0.15, 0.2) is 17.3 Å². The smallest absolute Gasteiger partial charge is 0.345 e. The second-order valence-electron chi connectivity index (χ2n) is 3.25.